The lowest BCUT2D eigenvalue weighted by Gasteiger charge is -2.33. The Balaban J connectivity index is 1.61. The molecule has 0 aliphatic carbocycles. The van der Waals surface area contributed by atoms with E-state index in [1.165, 1.54) is 0 Å². The first-order chi connectivity index (χ1) is 12.2. The molecular formula is C19H21N3O3. The number of carbonyl (C=O) groups is 2. The molecule has 1 unspecified atom stereocenters. The van der Waals surface area contributed by atoms with Crippen molar-refractivity contribution in [2.75, 3.05) is 11.4 Å². The number of para-hydroxylation sites is 2. The highest BCUT2D eigenvalue weighted by Crippen LogP contribution is 2.34. The number of benzene rings is 1. The lowest BCUT2D eigenvalue weighted by molar-refractivity contribution is -0.126. The van der Waals surface area contributed by atoms with Crippen LogP contribution in [0.15, 0.2) is 48.8 Å². The predicted octanol–water partition coefficient (Wildman–Crippen LogP) is 2.29. The molecule has 1 aromatic heterocycles. The van der Waals surface area contributed by atoms with Crippen LogP contribution in [0.2, 0.25) is 0 Å². The number of nitrogens with one attached hydrogen (secondary N) is 1. The van der Waals surface area contributed by atoms with E-state index in [1.54, 1.807) is 17.3 Å². The zero-order chi connectivity index (χ0) is 17.6. The maximum absolute atomic E-state index is 12.6. The molecule has 6 nitrogen and oxygen atoms in total. The monoisotopic (exact) mass is 339 g/mol. The van der Waals surface area contributed by atoms with Crippen LogP contribution in [-0.4, -0.2) is 29.4 Å². The third-order valence-corrected chi connectivity index (χ3v) is 4.14. The molecule has 1 aliphatic heterocycles. The minimum atomic E-state index is -0.491. The Labute approximate surface area is 146 Å². The van der Waals surface area contributed by atoms with Crippen LogP contribution < -0.4 is 15.0 Å². The molecule has 1 N–H and O–H groups in total. The van der Waals surface area contributed by atoms with Crippen molar-refractivity contribution in [1.82, 2.24) is 10.3 Å². The number of hydrogen-bond donors (Lipinski definition) is 1. The molecule has 1 aromatic carbocycles. The van der Waals surface area contributed by atoms with Crippen LogP contribution in [0.25, 0.3) is 0 Å². The van der Waals surface area contributed by atoms with E-state index < -0.39 is 6.10 Å². The molecule has 2 aromatic rings. The van der Waals surface area contributed by atoms with Crippen molar-refractivity contribution in [3.63, 3.8) is 0 Å². The van der Waals surface area contributed by atoms with Crippen LogP contribution in [0.3, 0.4) is 0 Å². The fourth-order valence-electron chi connectivity index (χ4n) is 2.77. The maximum Gasteiger partial charge on any atom is 0.268 e. The van der Waals surface area contributed by atoms with E-state index in [-0.39, 0.29) is 18.2 Å². The van der Waals surface area contributed by atoms with Gasteiger partial charge in [-0.05, 0) is 36.2 Å². The number of nitrogens with zero attached hydrogens (tertiary/aromatic N) is 2. The number of carbonyl (C=O) groups excluding carboxylic acids is 2. The van der Waals surface area contributed by atoms with Gasteiger partial charge in [-0.2, -0.15) is 0 Å². The van der Waals surface area contributed by atoms with Crippen LogP contribution in [0.4, 0.5) is 5.69 Å². The van der Waals surface area contributed by atoms with E-state index in [2.05, 4.69) is 10.3 Å². The normalized spacial score (nSPS) is 16.1. The standard InChI is InChI=1S/C19H21N3O3/c1-2-16-19(24)22(15-5-3-4-6-17(15)25-16)12-9-18(23)21-13-14-7-10-20-11-8-14/h3-8,10-11,16H,2,9,12-13H2,1H3,(H,21,23). The lowest BCUT2D eigenvalue weighted by atomic mass is 10.1. The van der Waals surface area contributed by atoms with Crippen molar-refractivity contribution in [3.8, 4) is 5.75 Å². The number of fused-ring (bicyclic) bond motifs is 1. The third kappa shape index (κ3) is 3.96. The van der Waals surface area contributed by atoms with E-state index in [9.17, 15) is 9.59 Å². The molecule has 25 heavy (non-hydrogen) atoms. The summed E-state index contributed by atoms with van der Waals surface area (Å²) in [6.45, 7) is 2.70. The van der Waals surface area contributed by atoms with Crippen molar-refractivity contribution < 1.29 is 14.3 Å². The molecule has 0 fully saturated rings. The van der Waals surface area contributed by atoms with Gasteiger partial charge in [0.2, 0.25) is 5.91 Å². The molecule has 1 atom stereocenters. The van der Waals surface area contributed by atoms with Crippen LogP contribution in [0, 0.1) is 0 Å². The Kier molecular flexibility index (Phi) is 5.28. The number of pyridine rings is 1. The molecule has 0 saturated heterocycles. The maximum atomic E-state index is 12.6. The van der Waals surface area contributed by atoms with Crippen molar-refractivity contribution in [3.05, 3.63) is 54.4 Å². The van der Waals surface area contributed by atoms with Gasteiger partial charge >= 0.3 is 0 Å². The van der Waals surface area contributed by atoms with E-state index in [0.717, 1.165) is 11.3 Å². The van der Waals surface area contributed by atoms with Crippen LogP contribution in [-0.2, 0) is 16.1 Å². The van der Waals surface area contributed by atoms with Crippen LogP contribution in [0.1, 0.15) is 25.3 Å². The van der Waals surface area contributed by atoms with Gasteiger partial charge in [0.15, 0.2) is 6.10 Å². The Hall–Kier alpha value is -2.89. The highest BCUT2D eigenvalue weighted by Gasteiger charge is 2.32. The van der Waals surface area contributed by atoms with Crippen molar-refractivity contribution in [2.24, 2.45) is 0 Å². The molecule has 3 rings (SSSR count). The summed E-state index contributed by atoms with van der Waals surface area (Å²) >= 11 is 0. The van der Waals surface area contributed by atoms with E-state index in [1.807, 2.05) is 43.3 Å². The largest absolute Gasteiger partial charge is 0.478 e. The second kappa shape index (κ2) is 7.79. The summed E-state index contributed by atoms with van der Waals surface area (Å²) in [5, 5.41) is 2.87. The lowest BCUT2D eigenvalue weighted by Crippen LogP contribution is -2.46. The topological polar surface area (TPSA) is 71.5 Å². The Bertz CT molecular complexity index is 749. The summed E-state index contributed by atoms with van der Waals surface area (Å²) in [6.07, 6.45) is 3.72. The molecule has 2 amide bonds. The summed E-state index contributed by atoms with van der Waals surface area (Å²) in [5.74, 6) is 0.496. The van der Waals surface area contributed by atoms with Gasteiger partial charge < -0.3 is 15.0 Å². The zero-order valence-electron chi connectivity index (χ0n) is 14.1. The summed E-state index contributed by atoms with van der Waals surface area (Å²) in [5.41, 5.74) is 1.71. The highest BCUT2D eigenvalue weighted by atomic mass is 16.5. The fourth-order valence-corrected chi connectivity index (χ4v) is 2.77. The molecule has 6 heteroatoms. The first-order valence-corrected chi connectivity index (χ1v) is 8.41. The SMILES string of the molecule is CCC1Oc2ccccc2N(CCC(=O)NCc2ccncc2)C1=O. The quantitative estimate of drug-likeness (QED) is 0.876. The number of amides is 2. The summed E-state index contributed by atoms with van der Waals surface area (Å²) in [7, 11) is 0. The average Bonchev–Trinajstić information content (AvgIpc) is 2.66. The molecule has 0 radical (unpaired) electrons. The van der Waals surface area contributed by atoms with E-state index in [0.29, 0.717) is 25.3 Å². The molecular weight excluding hydrogens is 318 g/mol. The Morgan fingerprint density at radius 1 is 1.24 bits per heavy atom. The number of rotatable bonds is 6. The minimum absolute atomic E-state index is 0.0943. The summed E-state index contributed by atoms with van der Waals surface area (Å²) < 4.78 is 5.74. The summed E-state index contributed by atoms with van der Waals surface area (Å²) in [6, 6.07) is 11.1. The van der Waals surface area contributed by atoms with Gasteiger partial charge in [-0.15, -0.1) is 0 Å². The molecule has 0 spiro atoms. The van der Waals surface area contributed by atoms with Crippen LogP contribution >= 0.6 is 0 Å². The number of aromatic nitrogens is 1. The Morgan fingerprint density at radius 3 is 2.76 bits per heavy atom. The van der Waals surface area contributed by atoms with Gasteiger partial charge in [0, 0.05) is 31.9 Å². The average molecular weight is 339 g/mol. The van der Waals surface area contributed by atoms with Gasteiger partial charge in [0.25, 0.3) is 5.91 Å². The van der Waals surface area contributed by atoms with Crippen LogP contribution in [0.5, 0.6) is 5.75 Å². The molecule has 1 aliphatic rings. The van der Waals surface area contributed by atoms with Gasteiger partial charge in [0.1, 0.15) is 5.75 Å². The minimum Gasteiger partial charge on any atom is -0.478 e. The van der Waals surface area contributed by atoms with Gasteiger partial charge in [-0.25, -0.2) is 0 Å². The smallest absolute Gasteiger partial charge is 0.268 e. The first kappa shape index (κ1) is 17.0. The molecule has 2 heterocycles. The van der Waals surface area contributed by atoms with Crippen molar-refractivity contribution in [1.29, 1.82) is 0 Å². The van der Waals surface area contributed by atoms with Gasteiger partial charge in [-0.1, -0.05) is 19.1 Å². The van der Waals surface area contributed by atoms with E-state index in [4.69, 9.17) is 4.74 Å². The second-order valence-electron chi connectivity index (χ2n) is 5.85. The van der Waals surface area contributed by atoms with Gasteiger partial charge in [-0.3, -0.25) is 14.6 Å². The zero-order valence-corrected chi connectivity index (χ0v) is 14.1. The highest BCUT2D eigenvalue weighted by molar-refractivity contribution is 6.00. The molecule has 0 bridgehead atoms. The summed E-state index contributed by atoms with van der Waals surface area (Å²) in [4.78, 5) is 30.3. The molecule has 130 valence electrons. The number of ether oxygens (including phenoxy) is 1. The predicted molar refractivity (Wildman–Crippen MR) is 94.2 cm³/mol. The Morgan fingerprint density at radius 2 is 2.00 bits per heavy atom. The van der Waals surface area contributed by atoms with Crippen molar-refractivity contribution in [2.45, 2.75) is 32.4 Å². The second-order valence-corrected chi connectivity index (χ2v) is 5.85. The number of hydrogen-bond acceptors (Lipinski definition) is 4. The van der Waals surface area contributed by atoms with E-state index >= 15 is 0 Å². The number of anilines is 1. The third-order valence-electron chi connectivity index (χ3n) is 4.14. The first-order valence-electron chi connectivity index (χ1n) is 8.41. The fraction of sp³-hybridized carbons (Fsp3) is 0.316. The van der Waals surface area contributed by atoms with Gasteiger partial charge in [0.05, 0.1) is 5.69 Å². The van der Waals surface area contributed by atoms with Crippen molar-refractivity contribution >= 4 is 17.5 Å². The molecule has 0 saturated carbocycles.